The van der Waals surface area contributed by atoms with Crippen molar-refractivity contribution in [2.24, 2.45) is 0 Å². The molecule has 0 bridgehead atoms. The molecule has 0 unspecified atom stereocenters. The first-order valence-electron chi connectivity index (χ1n) is 8.35. The standard InChI is InChI=1S/C20H26INO2/c1-4-5-11-22(2)14-17-12-18(21)20(19(13-17)23-3)24-15-16-9-7-6-8-10-16/h6-10,12-13H,4-5,11,14-15H2,1-3H3. The van der Waals surface area contributed by atoms with Crippen molar-refractivity contribution in [3.8, 4) is 11.5 Å². The summed E-state index contributed by atoms with van der Waals surface area (Å²) in [6.07, 6.45) is 2.44. The van der Waals surface area contributed by atoms with Crippen LogP contribution in [0.15, 0.2) is 42.5 Å². The number of ether oxygens (including phenoxy) is 2. The highest BCUT2D eigenvalue weighted by Gasteiger charge is 2.13. The van der Waals surface area contributed by atoms with E-state index >= 15 is 0 Å². The average Bonchev–Trinajstić information content (AvgIpc) is 2.59. The zero-order valence-corrected chi connectivity index (χ0v) is 16.9. The molecule has 0 aliphatic heterocycles. The van der Waals surface area contributed by atoms with Crippen LogP contribution in [-0.4, -0.2) is 25.6 Å². The van der Waals surface area contributed by atoms with E-state index in [1.807, 2.05) is 18.2 Å². The Morgan fingerprint density at radius 2 is 1.83 bits per heavy atom. The third-order valence-corrected chi connectivity index (χ3v) is 4.66. The van der Waals surface area contributed by atoms with Crippen LogP contribution in [0.5, 0.6) is 11.5 Å². The van der Waals surface area contributed by atoms with Crippen LogP contribution < -0.4 is 9.47 Å². The Labute approximate surface area is 159 Å². The summed E-state index contributed by atoms with van der Waals surface area (Å²) in [5, 5.41) is 0. The van der Waals surface area contributed by atoms with Gasteiger partial charge < -0.3 is 14.4 Å². The average molecular weight is 439 g/mol. The van der Waals surface area contributed by atoms with Gasteiger partial charge in [-0.3, -0.25) is 0 Å². The highest BCUT2D eigenvalue weighted by Crippen LogP contribution is 2.34. The maximum atomic E-state index is 6.02. The lowest BCUT2D eigenvalue weighted by molar-refractivity contribution is 0.280. The predicted octanol–water partition coefficient (Wildman–Crippen LogP) is 5.11. The largest absolute Gasteiger partial charge is 0.493 e. The first kappa shape index (κ1) is 19.1. The van der Waals surface area contributed by atoms with Crippen molar-refractivity contribution < 1.29 is 9.47 Å². The summed E-state index contributed by atoms with van der Waals surface area (Å²) in [5.74, 6) is 1.62. The number of rotatable bonds is 9. The lowest BCUT2D eigenvalue weighted by Crippen LogP contribution is -2.19. The Morgan fingerprint density at radius 1 is 1.08 bits per heavy atom. The monoisotopic (exact) mass is 439 g/mol. The van der Waals surface area contributed by atoms with Crippen molar-refractivity contribution in [3.05, 3.63) is 57.2 Å². The molecule has 2 aromatic carbocycles. The Kier molecular flexibility index (Phi) is 7.85. The molecule has 0 saturated carbocycles. The van der Waals surface area contributed by atoms with Crippen molar-refractivity contribution in [2.45, 2.75) is 32.9 Å². The van der Waals surface area contributed by atoms with Crippen molar-refractivity contribution in [2.75, 3.05) is 20.7 Å². The minimum atomic E-state index is 0.545. The summed E-state index contributed by atoms with van der Waals surface area (Å²) in [6, 6.07) is 14.5. The Bertz CT molecular complexity index is 631. The highest BCUT2D eigenvalue weighted by atomic mass is 127. The van der Waals surface area contributed by atoms with Gasteiger partial charge in [-0.25, -0.2) is 0 Å². The molecule has 2 aromatic rings. The summed E-state index contributed by atoms with van der Waals surface area (Å²) >= 11 is 2.33. The molecule has 130 valence electrons. The van der Waals surface area contributed by atoms with Gasteiger partial charge >= 0.3 is 0 Å². The van der Waals surface area contributed by atoms with E-state index in [0.29, 0.717) is 6.61 Å². The maximum Gasteiger partial charge on any atom is 0.174 e. The summed E-state index contributed by atoms with van der Waals surface area (Å²) in [6.45, 7) is 4.80. The van der Waals surface area contributed by atoms with E-state index < -0.39 is 0 Å². The molecule has 0 N–H and O–H groups in total. The molecular formula is C20H26INO2. The molecule has 0 spiro atoms. The summed E-state index contributed by atoms with van der Waals surface area (Å²) < 4.78 is 12.7. The van der Waals surface area contributed by atoms with Gasteiger partial charge in [-0.2, -0.15) is 0 Å². The van der Waals surface area contributed by atoms with E-state index in [2.05, 4.69) is 65.7 Å². The third-order valence-electron chi connectivity index (χ3n) is 3.86. The van der Waals surface area contributed by atoms with Crippen molar-refractivity contribution in [1.82, 2.24) is 4.90 Å². The van der Waals surface area contributed by atoms with E-state index in [9.17, 15) is 0 Å². The van der Waals surface area contributed by atoms with Crippen molar-refractivity contribution in [3.63, 3.8) is 0 Å². The molecule has 0 aromatic heterocycles. The van der Waals surface area contributed by atoms with Crippen molar-refractivity contribution in [1.29, 1.82) is 0 Å². The molecule has 0 atom stereocenters. The van der Waals surface area contributed by atoms with E-state index in [0.717, 1.165) is 33.7 Å². The molecule has 3 nitrogen and oxygen atoms in total. The normalized spacial score (nSPS) is 10.9. The summed E-state index contributed by atoms with van der Waals surface area (Å²) in [5.41, 5.74) is 2.40. The molecule has 0 aliphatic rings. The SMILES string of the molecule is CCCCN(C)Cc1cc(I)c(OCc2ccccc2)c(OC)c1. The molecule has 0 saturated heterocycles. The van der Waals surface area contributed by atoms with E-state index in [1.54, 1.807) is 7.11 Å². The lowest BCUT2D eigenvalue weighted by atomic mass is 10.2. The molecule has 0 radical (unpaired) electrons. The van der Waals surface area contributed by atoms with Gasteiger partial charge in [-0.05, 0) is 65.9 Å². The fourth-order valence-electron chi connectivity index (χ4n) is 2.55. The second-order valence-corrected chi connectivity index (χ2v) is 7.14. The molecule has 0 heterocycles. The number of benzene rings is 2. The van der Waals surface area contributed by atoms with Gasteiger partial charge in [-0.1, -0.05) is 43.7 Å². The smallest absolute Gasteiger partial charge is 0.174 e. The fraction of sp³-hybridized carbons (Fsp3) is 0.400. The van der Waals surface area contributed by atoms with E-state index in [1.165, 1.54) is 18.4 Å². The van der Waals surface area contributed by atoms with Crippen LogP contribution in [0.3, 0.4) is 0 Å². The number of halogens is 1. The Morgan fingerprint density at radius 3 is 2.50 bits per heavy atom. The molecular weight excluding hydrogens is 413 g/mol. The zero-order valence-electron chi connectivity index (χ0n) is 14.7. The van der Waals surface area contributed by atoms with Crippen LogP contribution in [0, 0.1) is 3.57 Å². The number of hydrogen-bond donors (Lipinski definition) is 0. The lowest BCUT2D eigenvalue weighted by Gasteiger charge is -2.19. The molecule has 4 heteroatoms. The fourth-order valence-corrected chi connectivity index (χ4v) is 3.37. The minimum absolute atomic E-state index is 0.545. The van der Waals surface area contributed by atoms with Crippen LogP contribution in [0.25, 0.3) is 0 Å². The van der Waals surface area contributed by atoms with Crippen LogP contribution in [-0.2, 0) is 13.2 Å². The molecule has 2 rings (SSSR count). The van der Waals surface area contributed by atoms with Crippen LogP contribution >= 0.6 is 22.6 Å². The van der Waals surface area contributed by atoms with Crippen LogP contribution in [0.2, 0.25) is 0 Å². The topological polar surface area (TPSA) is 21.7 Å². The quantitative estimate of drug-likeness (QED) is 0.507. The number of unbranched alkanes of at least 4 members (excludes halogenated alkanes) is 1. The van der Waals surface area contributed by atoms with Gasteiger partial charge in [0.1, 0.15) is 6.61 Å². The maximum absolute atomic E-state index is 6.02. The molecule has 0 aliphatic carbocycles. The van der Waals surface area contributed by atoms with Gasteiger partial charge in [-0.15, -0.1) is 0 Å². The first-order valence-corrected chi connectivity index (χ1v) is 9.43. The van der Waals surface area contributed by atoms with Crippen molar-refractivity contribution >= 4 is 22.6 Å². The third kappa shape index (κ3) is 5.67. The Balaban J connectivity index is 2.09. The second kappa shape index (κ2) is 9.89. The van der Waals surface area contributed by atoms with Crippen LogP contribution in [0.4, 0.5) is 0 Å². The van der Waals surface area contributed by atoms with Gasteiger partial charge in [0.15, 0.2) is 11.5 Å². The van der Waals surface area contributed by atoms with Gasteiger partial charge in [0, 0.05) is 6.54 Å². The molecule has 0 fully saturated rings. The number of hydrogen-bond acceptors (Lipinski definition) is 3. The van der Waals surface area contributed by atoms with Gasteiger partial charge in [0.25, 0.3) is 0 Å². The minimum Gasteiger partial charge on any atom is -0.493 e. The summed E-state index contributed by atoms with van der Waals surface area (Å²) in [4.78, 5) is 2.35. The predicted molar refractivity (Wildman–Crippen MR) is 108 cm³/mol. The van der Waals surface area contributed by atoms with Gasteiger partial charge in [0.05, 0.1) is 10.7 Å². The first-order chi connectivity index (χ1) is 11.6. The second-order valence-electron chi connectivity index (χ2n) is 5.97. The van der Waals surface area contributed by atoms with Gasteiger partial charge in [0.2, 0.25) is 0 Å². The summed E-state index contributed by atoms with van der Waals surface area (Å²) in [7, 11) is 3.86. The molecule has 24 heavy (non-hydrogen) atoms. The molecule has 0 amide bonds. The van der Waals surface area contributed by atoms with Crippen LogP contribution in [0.1, 0.15) is 30.9 Å². The van der Waals surface area contributed by atoms with E-state index in [-0.39, 0.29) is 0 Å². The number of nitrogens with zero attached hydrogens (tertiary/aromatic N) is 1. The highest BCUT2D eigenvalue weighted by molar-refractivity contribution is 14.1. The Hall–Kier alpha value is -1.27. The zero-order chi connectivity index (χ0) is 17.4. The van der Waals surface area contributed by atoms with E-state index in [4.69, 9.17) is 9.47 Å². The number of methoxy groups -OCH3 is 1.